The van der Waals surface area contributed by atoms with Gasteiger partial charge in [0, 0.05) is 18.3 Å². The van der Waals surface area contributed by atoms with Crippen molar-refractivity contribution in [3.05, 3.63) is 22.5 Å². The van der Waals surface area contributed by atoms with Crippen molar-refractivity contribution in [1.82, 2.24) is 4.98 Å². The molecule has 2 heteroatoms. The van der Waals surface area contributed by atoms with E-state index in [2.05, 4.69) is 67.2 Å². The number of fused-ring (bicyclic) bond motifs is 1. The minimum absolute atomic E-state index is 0.463. The molecule has 0 spiro atoms. The maximum absolute atomic E-state index is 5.00. The molecule has 0 unspecified atom stereocenters. The molecule has 124 valence electrons. The lowest BCUT2D eigenvalue weighted by molar-refractivity contribution is 0.346. The van der Waals surface area contributed by atoms with E-state index in [0.717, 1.165) is 6.54 Å². The molecule has 0 bridgehead atoms. The van der Waals surface area contributed by atoms with Crippen molar-refractivity contribution in [2.75, 3.05) is 11.4 Å². The highest BCUT2D eigenvalue weighted by Gasteiger charge is 2.35. The summed E-state index contributed by atoms with van der Waals surface area (Å²) >= 11 is 0. The number of anilines is 1. The molecule has 1 aromatic rings. The van der Waals surface area contributed by atoms with Crippen LogP contribution in [0.1, 0.15) is 82.8 Å². The highest BCUT2D eigenvalue weighted by molar-refractivity contribution is 5.64. The second-order valence-corrected chi connectivity index (χ2v) is 8.00. The van der Waals surface area contributed by atoms with Crippen molar-refractivity contribution in [2.24, 2.45) is 11.8 Å². The average Bonchev–Trinajstić information content (AvgIpc) is 2.53. The Bertz CT molecular complexity index is 545. The fraction of sp³-hybridized carbons (Fsp3) is 0.750. The molecule has 2 rings (SSSR count). The molecule has 0 fully saturated rings. The average molecular weight is 303 g/mol. The third kappa shape index (κ3) is 2.77. The van der Waals surface area contributed by atoms with Crippen molar-refractivity contribution in [1.29, 1.82) is 0 Å². The van der Waals surface area contributed by atoms with Crippen LogP contribution >= 0.6 is 0 Å². The van der Waals surface area contributed by atoms with Crippen LogP contribution in [0, 0.1) is 25.7 Å². The fourth-order valence-electron chi connectivity index (χ4n) is 3.88. The summed E-state index contributed by atoms with van der Waals surface area (Å²) in [6.07, 6.45) is 0. The van der Waals surface area contributed by atoms with E-state index in [1.165, 1.54) is 22.6 Å². The molecule has 22 heavy (non-hydrogen) atoms. The lowest BCUT2D eigenvalue weighted by atomic mass is 9.80. The van der Waals surface area contributed by atoms with Gasteiger partial charge in [-0.25, -0.2) is 0 Å². The van der Waals surface area contributed by atoms with Crippen LogP contribution in [-0.4, -0.2) is 17.6 Å². The predicted octanol–water partition coefficient (Wildman–Crippen LogP) is 5.43. The maximum Gasteiger partial charge on any atom is 0.0668 e. The minimum Gasteiger partial charge on any atom is -0.367 e. The molecule has 0 aromatic carbocycles. The van der Waals surface area contributed by atoms with E-state index >= 15 is 0 Å². The molecule has 1 aliphatic heterocycles. The van der Waals surface area contributed by atoms with Crippen molar-refractivity contribution in [3.8, 4) is 0 Å². The van der Waals surface area contributed by atoms with E-state index in [9.17, 15) is 0 Å². The monoisotopic (exact) mass is 302 g/mol. The zero-order chi connectivity index (χ0) is 16.8. The fourth-order valence-corrected chi connectivity index (χ4v) is 3.88. The first kappa shape index (κ1) is 17.3. The quantitative estimate of drug-likeness (QED) is 0.724. The molecule has 1 aliphatic rings. The van der Waals surface area contributed by atoms with E-state index in [1.807, 2.05) is 0 Å². The second kappa shape index (κ2) is 6.22. The van der Waals surface area contributed by atoms with Gasteiger partial charge in [0.25, 0.3) is 0 Å². The summed E-state index contributed by atoms with van der Waals surface area (Å²) in [7, 11) is 0. The Morgan fingerprint density at radius 3 is 2.14 bits per heavy atom. The summed E-state index contributed by atoms with van der Waals surface area (Å²) in [6, 6.07) is 0.514. The predicted molar refractivity (Wildman–Crippen MR) is 97.0 cm³/mol. The van der Waals surface area contributed by atoms with Crippen molar-refractivity contribution >= 4 is 5.69 Å². The van der Waals surface area contributed by atoms with Crippen LogP contribution in [0.25, 0.3) is 0 Å². The molecule has 0 aliphatic carbocycles. The second-order valence-electron chi connectivity index (χ2n) is 8.00. The number of hydrogen-bond acceptors (Lipinski definition) is 2. The number of hydrogen-bond donors (Lipinski definition) is 0. The van der Waals surface area contributed by atoms with Crippen LogP contribution in [0.5, 0.6) is 0 Å². The largest absolute Gasteiger partial charge is 0.367 e. The topological polar surface area (TPSA) is 16.1 Å². The first-order valence-electron chi connectivity index (χ1n) is 8.94. The van der Waals surface area contributed by atoms with Crippen LogP contribution in [0.15, 0.2) is 0 Å². The van der Waals surface area contributed by atoms with E-state index in [-0.39, 0.29) is 0 Å². The normalized spacial score (nSPS) is 25.6. The van der Waals surface area contributed by atoms with E-state index in [4.69, 9.17) is 4.98 Å². The van der Waals surface area contributed by atoms with Crippen LogP contribution < -0.4 is 4.90 Å². The van der Waals surface area contributed by atoms with Crippen molar-refractivity contribution in [2.45, 2.75) is 80.2 Å². The van der Waals surface area contributed by atoms with Gasteiger partial charge in [-0.15, -0.1) is 0 Å². The van der Waals surface area contributed by atoms with Gasteiger partial charge in [-0.2, -0.15) is 0 Å². The molecule has 0 saturated heterocycles. The van der Waals surface area contributed by atoms with Crippen LogP contribution in [0.2, 0.25) is 0 Å². The lowest BCUT2D eigenvalue weighted by Crippen LogP contribution is -2.36. The van der Waals surface area contributed by atoms with Gasteiger partial charge in [-0.05, 0) is 62.5 Å². The van der Waals surface area contributed by atoms with Gasteiger partial charge in [0.15, 0.2) is 0 Å². The Morgan fingerprint density at radius 1 is 1.05 bits per heavy atom. The highest BCUT2D eigenvalue weighted by atomic mass is 15.2. The summed E-state index contributed by atoms with van der Waals surface area (Å²) in [5, 5.41) is 0. The van der Waals surface area contributed by atoms with Gasteiger partial charge in [-0.3, -0.25) is 4.98 Å². The first-order valence-corrected chi connectivity index (χ1v) is 8.94. The lowest BCUT2D eigenvalue weighted by Gasteiger charge is -2.34. The smallest absolute Gasteiger partial charge is 0.0668 e. The minimum atomic E-state index is 0.463. The number of pyridine rings is 1. The molecule has 1 aromatic heterocycles. The Labute approximate surface area is 137 Å². The van der Waals surface area contributed by atoms with E-state index in [1.54, 1.807) is 5.56 Å². The molecule has 2 nitrogen and oxygen atoms in total. The molecule has 0 saturated carbocycles. The Morgan fingerprint density at radius 2 is 1.64 bits per heavy atom. The zero-order valence-corrected chi connectivity index (χ0v) is 16.0. The summed E-state index contributed by atoms with van der Waals surface area (Å²) in [5.74, 6) is 2.45. The van der Waals surface area contributed by atoms with Crippen molar-refractivity contribution < 1.29 is 0 Å². The molecule has 3 atom stereocenters. The number of aryl methyl sites for hydroxylation is 1. The molecule has 0 N–H and O–H groups in total. The number of nitrogens with zero attached hydrogens (tertiary/aromatic N) is 2. The van der Waals surface area contributed by atoms with Gasteiger partial charge in [0.05, 0.1) is 11.4 Å². The molecular formula is C20H34N2. The SMILES string of the molecule is Cc1nc(C(C)C)c2c(c1C)[C@@H](C)[C@@H](C)[C@@H](C)CN2C(C)C. The Kier molecular flexibility index (Phi) is 4.89. The summed E-state index contributed by atoms with van der Waals surface area (Å²) in [6.45, 7) is 22.0. The van der Waals surface area contributed by atoms with E-state index < -0.39 is 0 Å². The number of aromatic nitrogens is 1. The van der Waals surface area contributed by atoms with Gasteiger partial charge >= 0.3 is 0 Å². The summed E-state index contributed by atoms with van der Waals surface area (Å²) in [5.41, 5.74) is 6.90. The summed E-state index contributed by atoms with van der Waals surface area (Å²) < 4.78 is 0. The third-order valence-corrected chi connectivity index (χ3v) is 5.82. The summed E-state index contributed by atoms with van der Waals surface area (Å²) in [4.78, 5) is 7.62. The van der Waals surface area contributed by atoms with Crippen molar-refractivity contribution in [3.63, 3.8) is 0 Å². The molecule has 0 radical (unpaired) electrons. The van der Waals surface area contributed by atoms with Gasteiger partial charge in [0.1, 0.15) is 0 Å². The van der Waals surface area contributed by atoms with Gasteiger partial charge in [0.2, 0.25) is 0 Å². The third-order valence-electron chi connectivity index (χ3n) is 5.82. The zero-order valence-electron chi connectivity index (χ0n) is 16.0. The Hall–Kier alpha value is -1.05. The first-order chi connectivity index (χ1) is 10.2. The highest BCUT2D eigenvalue weighted by Crippen LogP contribution is 2.45. The van der Waals surface area contributed by atoms with Gasteiger partial charge < -0.3 is 4.90 Å². The van der Waals surface area contributed by atoms with Crippen LogP contribution in [-0.2, 0) is 0 Å². The molecule has 0 amide bonds. The number of rotatable bonds is 2. The van der Waals surface area contributed by atoms with Gasteiger partial charge in [-0.1, -0.05) is 34.6 Å². The van der Waals surface area contributed by atoms with Crippen LogP contribution in [0.4, 0.5) is 5.69 Å². The van der Waals surface area contributed by atoms with E-state index in [0.29, 0.717) is 29.7 Å². The maximum atomic E-state index is 5.00. The van der Waals surface area contributed by atoms with Crippen LogP contribution in [0.3, 0.4) is 0 Å². The Balaban J connectivity index is 2.81. The molecular weight excluding hydrogens is 268 g/mol. The standard InChI is InChI=1S/C20H34N2/c1-11(2)19-20-18(16(8)17(9)21-19)15(7)14(6)13(5)10-22(20)12(3)4/h11-15H,10H2,1-9H3/t13-,14-,15-/m0/s1. The molecule has 2 heterocycles.